The summed E-state index contributed by atoms with van der Waals surface area (Å²) in [4.78, 5) is 11.9. The number of halogens is 1. The first kappa shape index (κ1) is 19.2. The average Bonchev–Trinajstić information content (AvgIpc) is 2.44. The summed E-state index contributed by atoms with van der Waals surface area (Å²) >= 11 is 0. The minimum Gasteiger partial charge on any atom is -0.352 e. The molecule has 0 saturated carbocycles. The van der Waals surface area contributed by atoms with Crippen LogP contribution in [-0.2, 0) is 4.79 Å². The van der Waals surface area contributed by atoms with Crippen LogP contribution in [0.2, 0.25) is 0 Å². The van der Waals surface area contributed by atoms with Crippen LogP contribution < -0.4 is 10.6 Å². The summed E-state index contributed by atoms with van der Waals surface area (Å²) in [5.74, 6) is 0.579. The van der Waals surface area contributed by atoms with Gasteiger partial charge in [-0.1, -0.05) is 38.0 Å². The van der Waals surface area contributed by atoms with Gasteiger partial charge in [-0.3, -0.25) is 4.79 Å². The maximum Gasteiger partial charge on any atom is 0.250 e. The van der Waals surface area contributed by atoms with Crippen molar-refractivity contribution >= 4 is 18.3 Å². The molecule has 1 amide bonds. The second-order valence-electron chi connectivity index (χ2n) is 5.40. The molecule has 0 radical (unpaired) electrons. The molecule has 1 saturated heterocycles. The van der Waals surface area contributed by atoms with Crippen LogP contribution in [0, 0.1) is 5.92 Å². The van der Waals surface area contributed by atoms with Crippen LogP contribution in [-0.4, -0.2) is 25.5 Å². The van der Waals surface area contributed by atoms with Gasteiger partial charge in [-0.25, -0.2) is 0 Å². The first-order chi connectivity index (χ1) is 9.15. The number of carbonyl (C=O) groups is 1. The Morgan fingerprint density at radius 1 is 1.35 bits per heavy atom. The molecule has 1 fully saturated rings. The monoisotopic (exact) mass is 300 g/mol. The normalized spacial score (nSPS) is 16.4. The Hall–Kier alpha value is -0.800. The van der Waals surface area contributed by atoms with E-state index in [1.807, 2.05) is 6.08 Å². The predicted octanol–water partition coefficient (Wildman–Crippen LogP) is 3.22. The molecule has 0 spiro atoms. The topological polar surface area (TPSA) is 41.1 Å². The Labute approximate surface area is 129 Å². The number of nitrogens with one attached hydrogen (secondary N) is 2. The number of carbonyl (C=O) groups excluding carboxylic acids is 1. The van der Waals surface area contributed by atoms with Gasteiger partial charge in [0.2, 0.25) is 0 Å². The van der Waals surface area contributed by atoms with E-state index in [0.717, 1.165) is 45.3 Å². The van der Waals surface area contributed by atoms with Gasteiger partial charge in [0, 0.05) is 12.1 Å². The Morgan fingerprint density at radius 2 is 2.00 bits per heavy atom. The first-order valence-electron chi connectivity index (χ1n) is 7.51. The third-order valence-corrected chi connectivity index (χ3v) is 3.74. The Balaban J connectivity index is 0.00000361. The maximum absolute atomic E-state index is 11.9. The van der Waals surface area contributed by atoms with Gasteiger partial charge in [0.15, 0.2) is 0 Å². The molecule has 116 valence electrons. The maximum atomic E-state index is 11.9. The molecule has 1 aliphatic rings. The average molecular weight is 301 g/mol. The molecule has 20 heavy (non-hydrogen) atoms. The number of piperidine rings is 1. The van der Waals surface area contributed by atoms with Crippen LogP contribution in [0.25, 0.3) is 0 Å². The minimum atomic E-state index is -0.0237. The predicted molar refractivity (Wildman–Crippen MR) is 88.3 cm³/mol. The summed E-state index contributed by atoms with van der Waals surface area (Å²) in [6.07, 6.45) is 7.67. The van der Waals surface area contributed by atoms with Crippen LogP contribution >= 0.6 is 12.4 Å². The van der Waals surface area contributed by atoms with E-state index >= 15 is 0 Å². The van der Waals surface area contributed by atoms with Crippen molar-refractivity contribution in [3.8, 4) is 0 Å². The van der Waals surface area contributed by atoms with Crippen molar-refractivity contribution in [2.24, 2.45) is 5.92 Å². The minimum absolute atomic E-state index is 0. The molecule has 1 heterocycles. The smallest absolute Gasteiger partial charge is 0.250 e. The van der Waals surface area contributed by atoms with Gasteiger partial charge in [0.25, 0.3) is 5.91 Å². The summed E-state index contributed by atoms with van der Waals surface area (Å²) < 4.78 is 0. The lowest BCUT2D eigenvalue weighted by molar-refractivity contribution is -0.117. The number of rotatable bonds is 7. The molecule has 4 heteroatoms. The lowest BCUT2D eigenvalue weighted by atomic mass is 9.90. The van der Waals surface area contributed by atoms with Crippen molar-refractivity contribution in [3.63, 3.8) is 0 Å². The van der Waals surface area contributed by atoms with Crippen LogP contribution in [0.1, 0.15) is 46.0 Å². The fourth-order valence-electron chi connectivity index (χ4n) is 2.43. The molecular weight excluding hydrogens is 272 g/mol. The highest BCUT2D eigenvalue weighted by molar-refractivity contribution is 5.95. The van der Waals surface area contributed by atoms with Gasteiger partial charge in [-0.05, 0) is 45.2 Å². The van der Waals surface area contributed by atoms with Gasteiger partial charge >= 0.3 is 0 Å². The molecule has 0 aromatic heterocycles. The third-order valence-electron chi connectivity index (χ3n) is 3.74. The van der Waals surface area contributed by atoms with Gasteiger partial charge in [-0.2, -0.15) is 0 Å². The zero-order chi connectivity index (χ0) is 14.1. The van der Waals surface area contributed by atoms with E-state index in [1.165, 1.54) is 12.0 Å². The van der Waals surface area contributed by atoms with Gasteiger partial charge < -0.3 is 10.6 Å². The van der Waals surface area contributed by atoms with E-state index in [0.29, 0.717) is 11.5 Å². The molecule has 2 N–H and O–H groups in total. The quantitative estimate of drug-likeness (QED) is 0.431. The molecule has 3 nitrogen and oxygen atoms in total. The molecule has 0 bridgehead atoms. The number of allylic oxidation sites excluding steroid dienone is 1. The summed E-state index contributed by atoms with van der Waals surface area (Å²) in [7, 11) is 0. The van der Waals surface area contributed by atoms with Crippen LogP contribution in [0.4, 0.5) is 0 Å². The van der Waals surface area contributed by atoms with E-state index in [-0.39, 0.29) is 18.3 Å². The highest BCUT2D eigenvalue weighted by atomic mass is 35.5. The molecule has 0 aromatic rings. The van der Waals surface area contributed by atoms with E-state index < -0.39 is 0 Å². The lowest BCUT2D eigenvalue weighted by Gasteiger charge is -2.23. The van der Waals surface area contributed by atoms with E-state index in [9.17, 15) is 4.79 Å². The Kier molecular flexibility index (Phi) is 10.5. The Morgan fingerprint density at radius 3 is 2.60 bits per heavy atom. The summed E-state index contributed by atoms with van der Waals surface area (Å²) in [5.41, 5.74) is 1.88. The number of hydrogen-bond acceptors (Lipinski definition) is 2. The van der Waals surface area contributed by atoms with Crippen LogP contribution in [0.5, 0.6) is 0 Å². The van der Waals surface area contributed by atoms with Crippen molar-refractivity contribution < 1.29 is 4.79 Å². The second-order valence-corrected chi connectivity index (χ2v) is 5.40. The van der Waals surface area contributed by atoms with Crippen molar-refractivity contribution in [1.82, 2.24) is 10.6 Å². The molecule has 0 atom stereocenters. The summed E-state index contributed by atoms with van der Waals surface area (Å²) in [6, 6.07) is 0. The van der Waals surface area contributed by atoms with Crippen LogP contribution in [0.3, 0.4) is 0 Å². The molecule has 0 aliphatic carbocycles. The first-order valence-corrected chi connectivity index (χ1v) is 7.51. The largest absolute Gasteiger partial charge is 0.352 e. The fourth-order valence-corrected chi connectivity index (χ4v) is 2.43. The highest BCUT2D eigenvalue weighted by Crippen LogP contribution is 2.21. The van der Waals surface area contributed by atoms with Crippen molar-refractivity contribution in [2.75, 3.05) is 19.6 Å². The van der Waals surface area contributed by atoms with Crippen molar-refractivity contribution in [2.45, 2.75) is 46.0 Å². The molecule has 0 aromatic carbocycles. The van der Waals surface area contributed by atoms with Gasteiger partial charge in [0.1, 0.15) is 0 Å². The SMILES string of the molecule is C=C(/C=C(\C)C1CCNCC1)C(=O)NCCCCC.Cl. The van der Waals surface area contributed by atoms with E-state index in [4.69, 9.17) is 0 Å². The standard InChI is InChI=1S/C16H28N2O.ClH/c1-4-5-6-9-18-16(19)14(3)12-13(2)15-7-10-17-11-8-15;/h12,15,17H,3-11H2,1-2H3,(H,18,19);1H/b13-12+;. The Bertz CT molecular complexity index is 333. The molecule has 1 aliphatic heterocycles. The van der Waals surface area contributed by atoms with E-state index in [1.54, 1.807) is 0 Å². The second kappa shape index (κ2) is 10.9. The fraction of sp³-hybridized carbons (Fsp3) is 0.688. The van der Waals surface area contributed by atoms with Crippen molar-refractivity contribution in [3.05, 3.63) is 23.8 Å². The number of amides is 1. The number of unbranched alkanes of at least 4 members (excludes halogenated alkanes) is 2. The molecular formula is C16H29ClN2O. The molecule has 0 unspecified atom stereocenters. The van der Waals surface area contributed by atoms with Crippen molar-refractivity contribution in [1.29, 1.82) is 0 Å². The zero-order valence-corrected chi connectivity index (χ0v) is 13.7. The zero-order valence-electron chi connectivity index (χ0n) is 12.8. The lowest BCUT2D eigenvalue weighted by Crippen LogP contribution is -2.28. The summed E-state index contributed by atoms with van der Waals surface area (Å²) in [5, 5.41) is 6.29. The van der Waals surface area contributed by atoms with Gasteiger partial charge in [0.05, 0.1) is 0 Å². The number of hydrogen-bond donors (Lipinski definition) is 2. The third kappa shape index (κ3) is 7.11. The molecule has 1 rings (SSSR count). The van der Waals surface area contributed by atoms with Crippen LogP contribution in [0.15, 0.2) is 23.8 Å². The highest BCUT2D eigenvalue weighted by Gasteiger charge is 2.15. The summed E-state index contributed by atoms with van der Waals surface area (Å²) in [6.45, 7) is 11.1. The van der Waals surface area contributed by atoms with E-state index in [2.05, 4.69) is 31.1 Å². The van der Waals surface area contributed by atoms with Gasteiger partial charge in [-0.15, -0.1) is 12.4 Å².